The zero-order valence-electron chi connectivity index (χ0n) is 10.7. The zero-order chi connectivity index (χ0) is 12.8. The Bertz CT molecular complexity index is 281. The summed E-state index contributed by atoms with van der Waals surface area (Å²) in [6.45, 7) is 5.01. The number of likely N-dealkylation sites (tertiary alicyclic amines) is 1. The fourth-order valence-electron chi connectivity index (χ4n) is 1.88. The largest absolute Gasteiger partial charge is 0.453 e. The van der Waals surface area contributed by atoms with Crippen LogP contribution >= 0.6 is 0 Å². The third kappa shape index (κ3) is 4.50. The summed E-state index contributed by atoms with van der Waals surface area (Å²) in [6, 6.07) is -0.0754. The molecule has 1 aliphatic heterocycles. The standard InChI is InChI=1S/C11H21N3O3/c1-8(2)12-10(15)13-9-5-4-6-14(7-9)11(16)17-3/h8-9H,4-7H2,1-3H3,(H2,12,13,15). The molecule has 1 rings (SSSR count). The molecule has 0 radical (unpaired) electrons. The number of methoxy groups -OCH3 is 1. The Labute approximate surface area is 102 Å². The number of rotatable bonds is 2. The third-order valence-corrected chi connectivity index (χ3v) is 2.61. The van der Waals surface area contributed by atoms with Crippen LogP contribution in [0.3, 0.4) is 0 Å². The highest BCUT2D eigenvalue weighted by Crippen LogP contribution is 2.10. The predicted molar refractivity (Wildman–Crippen MR) is 63.8 cm³/mol. The second-order valence-electron chi connectivity index (χ2n) is 4.53. The average Bonchev–Trinajstić information content (AvgIpc) is 2.27. The number of hydrogen-bond acceptors (Lipinski definition) is 3. The van der Waals surface area contributed by atoms with Gasteiger partial charge in [0.15, 0.2) is 0 Å². The molecule has 17 heavy (non-hydrogen) atoms. The summed E-state index contributed by atoms with van der Waals surface area (Å²) in [7, 11) is 1.37. The normalized spacial score (nSPS) is 20.0. The van der Waals surface area contributed by atoms with Gasteiger partial charge in [-0.05, 0) is 26.7 Å². The minimum atomic E-state index is -0.333. The quantitative estimate of drug-likeness (QED) is 0.757. The fourth-order valence-corrected chi connectivity index (χ4v) is 1.88. The maximum absolute atomic E-state index is 11.5. The molecular formula is C11H21N3O3. The number of piperidine rings is 1. The number of carbonyl (C=O) groups excluding carboxylic acids is 2. The zero-order valence-corrected chi connectivity index (χ0v) is 10.7. The number of amides is 3. The first kappa shape index (κ1) is 13.6. The van der Waals surface area contributed by atoms with Crippen LogP contribution in [0, 0.1) is 0 Å². The first-order chi connectivity index (χ1) is 8.02. The minimum absolute atomic E-state index is 0.00148. The summed E-state index contributed by atoms with van der Waals surface area (Å²) in [4.78, 5) is 24.5. The summed E-state index contributed by atoms with van der Waals surface area (Å²) in [5, 5.41) is 5.62. The minimum Gasteiger partial charge on any atom is -0.453 e. The van der Waals surface area contributed by atoms with E-state index in [1.807, 2.05) is 13.8 Å². The van der Waals surface area contributed by atoms with Crippen LogP contribution in [0.15, 0.2) is 0 Å². The maximum Gasteiger partial charge on any atom is 0.409 e. The van der Waals surface area contributed by atoms with Crippen LogP contribution in [-0.4, -0.2) is 49.3 Å². The average molecular weight is 243 g/mol. The Morgan fingerprint density at radius 1 is 1.41 bits per heavy atom. The highest BCUT2D eigenvalue weighted by Gasteiger charge is 2.25. The lowest BCUT2D eigenvalue weighted by molar-refractivity contribution is 0.108. The molecule has 1 aliphatic rings. The van der Waals surface area contributed by atoms with Crippen molar-refractivity contribution >= 4 is 12.1 Å². The van der Waals surface area contributed by atoms with E-state index in [1.165, 1.54) is 7.11 Å². The first-order valence-electron chi connectivity index (χ1n) is 5.93. The number of ether oxygens (including phenoxy) is 1. The monoisotopic (exact) mass is 243 g/mol. The molecule has 1 unspecified atom stereocenters. The van der Waals surface area contributed by atoms with Crippen molar-refractivity contribution in [2.75, 3.05) is 20.2 Å². The van der Waals surface area contributed by atoms with Gasteiger partial charge in [0.25, 0.3) is 0 Å². The van der Waals surface area contributed by atoms with E-state index in [2.05, 4.69) is 15.4 Å². The van der Waals surface area contributed by atoms with E-state index in [0.717, 1.165) is 12.8 Å². The lowest BCUT2D eigenvalue weighted by Gasteiger charge is -2.32. The van der Waals surface area contributed by atoms with E-state index in [0.29, 0.717) is 13.1 Å². The van der Waals surface area contributed by atoms with E-state index in [4.69, 9.17) is 0 Å². The predicted octanol–water partition coefficient (Wildman–Crippen LogP) is 0.925. The molecule has 0 aromatic heterocycles. The third-order valence-electron chi connectivity index (χ3n) is 2.61. The summed E-state index contributed by atoms with van der Waals surface area (Å²) >= 11 is 0. The van der Waals surface area contributed by atoms with Crippen molar-refractivity contribution in [2.45, 2.75) is 38.8 Å². The molecule has 98 valence electrons. The fraction of sp³-hybridized carbons (Fsp3) is 0.818. The SMILES string of the molecule is COC(=O)N1CCCC(NC(=O)NC(C)C)C1. The smallest absolute Gasteiger partial charge is 0.409 e. The van der Waals surface area contributed by atoms with Gasteiger partial charge in [-0.25, -0.2) is 9.59 Å². The molecule has 0 aliphatic carbocycles. The Hall–Kier alpha value is -1.46. The van der Waals surface area contributed by atoms with Crippen molar-refractivity contribution in [3.8, 4) is 0 Å². The van der Waals surface area contributed by atoms with Crippen LogP contribution in [0.5, 0.6) is 0 Å². The topological polar surface area (TPSA) is 70.7 Å². The van der Waals surface area contributed by atoms with Crippen molar-refractivity contribution in [1.82, 2.24) is 15.5 Å². The highest BCUT2D eigenvalue weighted by atomic mass is 16.5. The van der Waals surface area contributed by atoms with Crippen LogP contribution in [0.2, 0.25) is 0 Å². The molecule has 6 nitrogen and oxygen atoms in total. The van der Waals surface area contributed by atoms with Gasteiger partial charge in [0, 0.05) is 25.2 Å². The van der Waals surface area contributed by atoms with Crippen LogP contribution in [0.25, 0.3) is 0 Å². The second-order valence-corrected chi connectivity index (χ2v) is 4.53. The second kappa shape index (κ2) is 6.32. The van der Waals surface area contributed by atoms with Gasteiger partial charge < -0.3 is 20.3 Å². The molecule has 2 N–H and O–H groups in total. The number of hydrogen-bond donors (Lipinski definition) is 2. The molecule has 0 aromatic carbocycles. The molecule has 6 heteroatoms. The van der Waals surface area contributed by atoms with Crippen LogP contribution in [0.1, 0.15) is 26.7 Å². The Morgan fingerprint density at radius 3 is 2.71 bits per heavy atom. The van der Waals surface area contributed by atoms with Crippen LogP contribution < -0.4 is 10.6 Å². The van der Waals surface area contributed by atoms with E-state index in [-0.39, 0.29) is 24.2 Å². The molecule has 0 aromatic rings. The maximum atomic E-state index is 11.5. The highest BCUT2D eigenvalue weighted by molar-refractivity contribution is 5.74. The molecule has 3 amide bonds. The number of nitrogens with zero attached hydrogens (tertiary/aromatic N) is 1. The van der Waals surface area contributed by atoms with Gasteiger partial charge in [0.1, 0.15) is 0 Å². The molecule has 1 fully saturated rings. The van der Waals surface area contributed by atoms with Crippen molar-refractivity contribution in [2.24, 2.45) is 0 Å². The van der Waals surface area contributed by atoms with Gasteiger partial charge in [-0.15, -0.1) is 0 Å². The summed E-state index contributed by atoms with van der Waals surface area (Å²) in [5.41, 5.74) is 0. The molecule has 1 atom stereocenters. The van der Waals surface area contributed by atoms with Gasteiger partial charge in [-0.3, -0.25) is 0 Å². The van der Waals surface area contributed by atoms with Gasteiger partial charge >= 0.3 is 12.1 Å². The van der Waals surface area contributed by atoms with Gasteiger partial charge in [0.2, 0.25) is 0 Å². The molecule has 0 bridgehead atoms. The number of urea groups is 1. The Morgan fingerprint density at radius 2 is 2.12 bits per heavy atom. The van der Waals surface area contributed by atoms with Crippen molar-refractivity contribution in [3.05, 3.63) is 0 Å². The molecule has 1 heterocycles. The van der Waals surface area contributed by atoms with Crippen molar-refractivity contribution in [3.63, 3.8) is 0 Å². The molecule has 0 saturated carbocycles. The summed E-state index contributed by atoms with van der Waals surface area (Å²) < 4.78 is 4.67. The number of nitrogens with one attached hydrogen (secondary N) is 2. The van der Waals surface area contributed by atoms with E-state index in [1.54, 1.807) is 4.90 Å². The number of carbonyl (C=O) groups is 2. The summed E-state index contributed by atoms with van der Waals surface area (Å²) in [5.74, 6) is 0. The van der Waals surface area contributed by atoms with Crippen molar-refractivity contribution < 1.29 is 14.3 Å². The van der Waals surface area contributed by atoms with Gasteiger partial charge in [-0.1, -0.05) is 0 Å². The lowest BCUT2D eigenvalue weighted by atomic mass is 10.1. The molecule has 0 spiro atoms. The molecular weight excluding hydrogens is 222 g/mol. The summed E-state index contributed by atoms with van der Waals surface area (Å²) in [6.07, 6.45) is 1.43. The first-order valence-corrected chi connectivity index (χ1v) is 5.93. The Balaban J connectivity index is 2.39. The van der Waals surface area contributed by atoms with Gasteiger partial charge in [0.05, 0.1) is 7.11 Å². The van der Waals surface area contributed by atoms with Crippen LogP contribution in [0.4, 0.5) is 9.59 Å². The van der Waals surface area contributed by atoms with Crippen molar-refractivity contribution in [1.29, 1.82) is 0 Å². The van der Waals surface area contributed by atoms with E-state index < -0.39 is 0 Å². The Kier molecular flexibility index (Phi) is 5.06. The van der Waals surface area contributed by atoms with E-state index >= 15 is 0 Å². The van der Waals surface area contributed by atoms with E-state index in [9.17, 15) is 9.59 Å². The lowest BCUT2D eigenvalue weighted by Crippen LogP contribution is -2.52. The van der Waals surface area contributed by atoms with Gasteiger partial charge in [-0.2, -0.15) is 0 Å². The van der Waals surface area contributed by atoms with Crippen LogP contribution in [-0.2, 0) is 4.74 Å². The molecule has 1 saturated heterocycles.